The van der Waals surface area contributed by atoms with Crippen LogP contribution in [0.25, 0.3) is 0 Å². The number of ether oxygens (including phenoxy) is 2. The Morgan fingerprint density at radius 2 is 2.08 bits per heavy atom. The van der Waals surface area contributed by atoms with Crippen LogP contribution in [0.5, 0.6) is 5.75 Å². The molecule has 2 bridgehead atoms. The van der Waals surface area contributed by atoms with Crippen LogP contribution in [0.4, 0.5) is 4.39 Å². The average Bonchev–Trinajstić information content (AvgIpc) is 3.19. The molecule has 3 aliphatic carbocycles. The summed E-state index contributed by atoms with van der Waals surface area (Å²) in [5.41, 5.74) is -1.06. The Labute approximate surface area is 229 Å². The van der Waals surface area contributed by atoms with Crippen molar-refractivity contribution >= 4 is 30.5 Å². The minimum Gasteiger partial charge on any atom is -0.482 e. The molecule has 4 aliphatic rings. The number of Topliss-reactive ketones (excluding diaryl/α,β-unsaturated/α-hetero) is 1. The van der Waals surface area contributed by atoms with Gasteiger partial charge in [-0.25, -0.2) is 9.18 Å². The lowest BCUT2D eigenvalue weighted by atomic mass is 9.44. The van der Waals surface area contributed by atoms with E-state index >= 15 is 4.39 Å². The van der Waals surface area contributed by atoms with Gasteiger partial charge >= 0.3 is 13.0 Å². The van der Waals surface area contributed by atoms with Gasteiger partial charge in [0.1, 0.15) is 11.9 Å². The van der Waals surface area contributed by atoms with Gasteiger partial charge in [0.15, 0.2) is 18.6 Å². The normalized spacial score (nSPS) is 41.0. The van der Waals surface area contributed by atoms with Crippen LogP contribution in [0.3, 0.4) is 0 Å². The highest BCUT2D eigenvalue weighted by Gasteiger charge is 2.70. The molecule has 0 radical (unpaired) electrons. The summed E-state index contributed by atoms with van der Waals surface area (Å²) in [6, 6.07) is 5.04. The van der Waals surface area contributed by atoms with Crippen LogP contribution < -0.4 is 15.5 Å². The maximum Gasteiger partial charge on any atom is 0.464 e. The molecule has 0 spiro atoms. The number of hydrazone groups is 1. The SMILES string of the molecule is C=C[C@]1(C)C[C@@H](OC(=O)COc2ccc3c(c2)B(O)NN=C3)[C@@]2(C)[C@@H]3C(=O)[C@@H](F)C[C@@]3(CC[C@@H]2C)[C@@H](C)[C@@H]1O. The second kappa shape index (κ2) is 9.73. The Balaban J connectivity index is 1.44. The number of carbonyl (C=O) groups excluding carboxylic acids is 2. The van der Waals surface area contributed by atoms with Crippen LogP contribution in [-0.4, -0.2) is 60.1 Å². The molecule has 210 valence electrons. The first-order valence-corrected chi connectivity index (χ1v) is 13.8. The molecule has 3 fully saturated rings. The number of carbonyl (C=O) groups is 2. The maximum absolute atomic E-state index is 15.2. The number of aliphatic hydroxyl groups is 1. The smallest absolute Gasteiger partial charge is 0.464 e. The number of benzene rings is 1. The fourth-order valence-electron chi connectivity index (χ4n) is 8.03. The quantitative estimate of drug-likeness (QED) is 0.299. The molecular weight excluding hydrogens is 502 g/mol. The number of aliphatic hydroxyl groups excluding tert-OH is 1. The second-order valence-electron chi connectivity index (χ2n) is 12.5. The van der Waals surface area contributed by atoms with Gasteiger partial charge in [0.05, 0.1) is 12.3 Å². The van der Waals surface area contributed by atoms with Crippen LogP contribution >= 0.6 is 0 Å². The van der Waals surface area contributed by atoms with E-state index in [2.05, 4.69) is 17.0 Å². The van der Waals surface area contributed by atoms with Crippen LogP contribution in [0.2, 0.25) is 0 Å². The van der Waals surface area contributed by atoms with E-state index in [-0.39, 0.29) is 24.7 Å². The molecule has 3 saturated carbocycles. The first-order chi connectivity index (χ1) is 18.4. The zero-order valence-corrected chi connectivity index (χ0v) is 23.0. The van der Waals surface area contributed by atoms with E-state index in [9.17, 15) is 19.7 Å². The monoisotopic (exact) mass is 540 g/mol. The van der Waals surface area contributed by atoms with Crippen LogP contribution in [0, 0.1) is 34.0 Å². The van der Waals surface area contributed by atoms with E-state index in [4.69, 9.17) is 9.47 Å². The van der Waals surface area contributed by atoms with E-state index in [0.717, 1.165) is 12.0 Å². The highest BCUT2D eigenvalue weighted by atomic mass is 19.1. The van der Waals surface area contributed by atoms with Gasteiger partial charge in [-0.3, -0.25) is 4.79 Å². The third-order valence-electron chi connectivity index (χ3n) is 10.7. The summed E-state index contributed by atoms with van der Waals surface area (Å²) in [6.07, 6.45) is 1.75. The van der Waals surface area contributed by atoms with Crippen molar-refractivity contribution in [3.8, 4) is 5.75 Å². The predicted molar refractivity (Wildman–Crippen MR) is 145 cm³/mol. The minimum atomic E-state index is -1.60. The highest BCUT2D eigenvalue weighted by molar-refractivity contribution is 6.65. The number of hydrogen-bond donors (Lipinski definition) is 3. The van der Waals surface area contributed by atoms with Crippen molar-refractivity contribution in [3.63, 3.8) is 0 Å². The Kier molecular flexibility index (Phi) is 6.95. The number of fused-ring (bicyclic) bond motifs is 1. The van der Waals surface area contributed by atoms with E-state index in [1.807, 2.05) is 27.7 Å². The predicted octanol–water partition coefficient (Wildman–Crippen LogP) is 2.54. The summed E-state index contributed by atoms with van der Waals surface area (Å²) in [7, 11) is -0.989. The van der Waals surface area contributed by atoms with Gasteiger partial charge in [0.2, 0.25) is 0 Å². The molecule has 3 N–H and O–H groups in total. The molecule has 0 aromatic heterocycles. The fourth-order valence-corrected chi connectivity index (χ4v) is 8.03. The number of nitrogens with one attached hydrogen (secondary N) is 1. The fraction of sp³-hybridized carbons (Fsp3) is 0.621. The van der Waals surface area contributed by atoms with Crippen LogP contribution in [-0.2, 0) is 14.3 Å². The number of ketones is 1. The van der Waals surface area contributed by atoms with Gasteiger partial charge in [-0.05, 0) is 66.1 Å². The lowest BCUT2D eigenvalue weighted by molar-refractivity contribution is -0.207. The minimum absolute atomic E-state index is 0.0172. The summed E-state index contributed by atoms with van der Waals surface area (Å²) in [5.74, 6) is -1.70. The molecule has 1 heterocycles. The number of alkyl halides is 1. The van der Waals surface area contributed by atoms with Crippen molar-refractivity contribution in [1.82, 2.24) is 5.34 Å². The second-order valence-corrected chi connectivity index (χ2v) is 12.5. The van der Waals surface area contributed by atoms with E-state index < -0.39 is 66.0 Å². The van der Waals surface area contributed by atoms with Crippen molar-refractivity contribution in [2.45, 2.75) is 71.8 Å². The summed E-state index contributed by atoms with van der Waals surface area (Å²) < 4.78 is 27.1. The molecule has 10 heteroatoms. The van der Waals surface area contributed by atoms with Gasteiger partial charge in [0.25, 0.3) is 0 Å². The third kappa shape index (κ3) is 4.22. The van der Waals surface area contributed by atoms with Crippen molar-refractivity contribution in [2.24, 2.45) is 39.1 Å². The standard InChI is InChI=1S/C29H38BFN2O6/c1-6-27(4)13-22(39-23(34)15-38-19-8-7-18-14-32-33-30(37)20(18)11-19)28(5)16(2)9-10-29(17(3)26(27)36)12-21(31)24(35)25(28)29/h6-8,11,14,16-17,21-22,25-26,33,36-37H,1,9-10,12-13,15H2,2-5H3/t16-,17-,21-,22+,25-,26-,27+,28-,29-/m0/s1. The van der Waals surface area contributed by atoms with Crippen molar-refractivity contribution in [1.29, 1.82) is 0 Å². The number of hydrogen-bond acceptors (Lipinski definition) is 8. The molecule has 0 saturated heterocycles. The summed E-state index contributed by atoms with van der Waals surface area (Å²) in [6.45, 7) is 11.4. The Morgan fingerprint density at radius 1 is 1.33 bits per heavy atom. The molecule has 8 nitrogen and oxygen atoms in total. The Hall–Kier alpha value is -2.72. The molecule has 1 aliphatic heterocycles. The first-order valence-electron chi connectivity index (χ1n) is 13.8. The van der Waals surface area contributed by atoms with Crippen LogP contribution in [0.15, 0.2) is 36.0 Å². The third-order valence-corrected chi connectivity index (χ3v) is 10.7. The van der Waals surface area contributed by atoms with E-state index in [1.165, 1.54) is 0 Å². The van der Waals surface area contributed by atoms with Gasteiger partial charge in [-0.2, -0.15) is 5.10 Å². The molecule has 9 atom stereocenters. The Bertz CT molecular complexity index is 1210. The average molecular weight is 540 g/mol. The number of esters is 1. The zero-order valence-electron chi connectivity index (χ0n) is 23.0. The van der Waals surface area contributed by atoms with Gasteiger partial charge in [0, 0.05) is 16.7 Å². The van der Waals surface area contributed by atoms with E-state index in [0.29, 0.717) is 17.6 Å². The molecule has 39 heavy (non-hydrogen) atoms. The molecule has 0 amide bonds. The number of nitrogens with zero attached hydrogens (tertiary/aromatic N) is 1. The summed E-state index contributed by atoms with van der Waals surface area (Å²) >= 11 is 0. The lowest BCUT2D eigenvalue weighted by Crippen LogP contribution is -2.63. The highest BCUT2D eigenvalue weighted by Crippen LogP contribution is 2.68. The van der Waals surface area contributed by atoms with E-state index in [1.54, 1.807) is 30.5 Å². The largest absolute Gasteiger partial charge is 0.482 e. The number of rotatable bonds is 5. The molecule has 5 rings (SSSR count). The lowest BCUT2D eigenvalue weighted by Gasteiger charge is -2.61. The van der Waals surface area contributed by atoms with Crippen molar-refractivity contribution < 1.29 is 33.6 Å². The summed E-state index contributed by atoms with van der Waals surface area (Å²) in [5, 5.41) is 28.2. The number of halogens is 1. The molecule has 1 aromatic rings. The Morgan fingerprint density at radius 3 is 2.79 bits per heavy atom. The van der Waals surface area contributed by atoms with Crippen molar-refractivity contribution in [2.75, 3.05) is 6.61 Å². The van der Waals surface area contributed by atoms with Gasteiger partial charge in [-0.1, -0.05) is 39.8 Å². The topological polar surface area (TPSA) is 117 Å². The van der Waals surface area contributed by atoms with Crippen molar-refractivity contribution in [3.05, 3.63) is 36.4 Å². The molecular formula is C29H38BFN2O6. The van der Waals surface area contributed by atoms with Crippen LogP contribution in [0.1, 0.15) is 58.9 Å². The molecule has 1 aromatic carbocycles. The molecule has 0 unspecified atom stereocenters. The van der Waals surface area contributed by atoms with Gasteiger partial charge < -0.3 is 24.9 Å². The summed E-state index contributed by atoms with van der Waals surface area (Å²) in [4.78, 5) is 26.7. The first kappa shape index (κ1) is 27.8. The zero-order chi connectivity index (χ0) is 28.3. The van der Waals surface area contributed by atoms with Gasteiger partial charge in [-0.15, -0.1) is 6.58 Å². The maximum atomic E-state index is 15.2.